The van der Waals surface area contributed by atoms with Crippen molar-refractivity contribution in [2.45, 2.75) is 0 Å². The topological polar surface area (TPSA) is 63.4 Å². The molecular weight excluding hydrogens is 448 g/mol. The first-order valence-corrected chi connectivity index (χ1v) is 1.79. The van der Waals surface area contributed by atoms with Crippen molar-refractivity contribution in [3.63, 3.8) is 0 Å². The molecule has 0 aromatic carbocycles. The zero-order chi connectivity index (χ0) is 5.86. The van der Waals surface area contributed by atoms with Crippen LogP contribution in [0.15, 0.2) is 0 Å². The van der Waals surface area contributed by atoms with Crippen molar-refractivity contribution in [2.75, 3.05) is 14.1 Å². The standard InChI is InChI=1S/C3H7N4.4Y/c1-7(2)6-3(4)5;;;;/h1-2H3,(H-3,4,5,6);;;;/q-3;;;;. The van der Waals surface area contributed by atoms with E-state index in [1.54, 1.807) is 14.1 Å². The Kier molecular flexibility index (Phi) is 51.3. The first kappa shape index (κ1) is 29.3. The van der Waals surface area contributed by atoms with Crippen LogP contribution in [0, 0.1) is 0 Å². The van der Waals surface area contributed by atoms with Gasteiger partial charge in [-0.2, -0.15) is 0 Å². The molecule has 0 rings (SSSR count). The van der Waals surface area contributed by atoms with Gasteiger partial charge in [-0.25, -0.2) is 0 Å². The number of rotatable bonds is 1. The van der Waals surface area contributed by atoms with Crippen LogP contribution < -0.4 is 0 Å². The summed E-state index contributed by atoms with van der Waals surface area (Å²) >= 11 is 0. The Balaban J connectivity index is -0.0000000300. The molecule has 0 aliphatic rings. The van der Waals surface area contributed by atoms with Crippen molar-refractivity contribution < 1.29 is 131 Å². The second-order valence-corrected chi connectivity index (χ2v) is 1.27. The van der Waals surface area contributed by atoms with E-state index in [1.165, 1.54) is 5.01 Å². The van der Waals surface area contributed by atoms with Gasteiger partial charge in [-0.15, -0.1) is 0 Å². The van der Waals surface area contributed by atoms with Crippen LogP contribution in [0.25, 0.3) is 16.6 Å². The summed E-state index contributed by atoms with van der Waals surface area (Å²) in [6.07, 6.45) is 0. The van der Waals surface area contributed by atoms with E-state index in [9.17, 15) is 0 Å². The van der Waals surface area contributed by atoms with Crippen LogP contribution in [0.4, 0.5) is 0 Å². The first-order chi connectivity index (χ1) is 3.13. The van der Waals surface area contributed by atoms with Crippen molar-refractivity contribution in [1.82, 2.24) is 5.01 Å². The summed E-state index contributed by atoms with van der Waals surface area (Å²) in [7, 11) is 3.26. The minimum atomic E-state index is -0.662. The van der Waals surface area contributed by atoms with E-state index in [-0.39, 0.29) is 131 Å². The second kappa shape index (κ2) is 19.3. The average Bonchev–Trinajstić information content (AvgIpc) is 1.27. The Morgan fingerprint density at radius 2 is 1.45 bits per heavy atom. The normalized spacial score (nSPS) is 5.73. The monoisotopic (exact) mass is 455 g/mol. The van der Waals surface area contributed by atoms with Crippen LogP contribution in [-0.4, -0.2) is 25.1 Å². The van der Waals surface area contributed by atoms with Gasteiger partial charge in [0.2, 0.25) is 0 Å². The van der Waals surface area contributed by atoms with Crippen LogP contribution in [0.2, 0.25) is 0 Å². The molecule has 0 aliphatic heterocycles. The third-order valence-electron chi connectivity index (χ3n) is 0.295. The summed E-state index contributed by atoms with van der Waals surface area (Å²) in [6, 6.07) is 0. The Morgan fingerprint density at radius 1 is 1.18 bits per heavy atom. The third-order valence-corrected chi connectivity index (χ3v) is 0.295. The number of nitrogens with one attached hydrogen (secondary N) is 1. The van der Waals surface area contributed by atoms with E-state index in [0.29, 0.717) is 0 Å². The fraction of sp³-hybridized carbons (Fsp3) is 0.667. The molecule has 11 heavy (non-hydrogen) atoms. The van der Waals surface area contributed by atoms with E-state index < -0.39 is 5.96 Å². The Morgan fingerprint density at radius 3 is 1.45 bits per heavy atom. The van der Waals surface area contributed by atoms with Crippen molar-refractivity contribution in [1.29, 1.82) is 0 Å². The van der Waals surface area contributed by atoms with Gasteiger partial charge in [0.05, 0.1) is 0 Å². The predicted octanol–water partition coefficient (Wildman–Crippen LogP) is 0.804. The smallest absolute Gasteiger partial charge is 0 e. The summed E-state index contributed by atoms with van der Waals surface area (Å²) < 4.78 is 0. The molecule has 8 heteroatoms. The molecule has 54 valence electrons. The van der Waals surface area contributed by atoms with Crippen LogP contribution >= 0.6 is 0 Å². The molecule has 0 aliphatic carbocycles. The molecule has 0 amide bonds. The van der Waals surface area contributed by atoms with Gasteiger partial charge >= 0.3 is 0 Å². The minimum absolute atomic E-state index is 0. The second-order valence-electron chi connectivity index (χ2n) is 1.27. The zero-order valence-corrected chi connectivity index (χ0v) is 18.0. The zero-order valence-electron chi connectivity index (χ0n) is 6.65. The summed E-state index contributed by atoms with van der Waals surface area (Å²) in [5, 5.41) is 9.45. The molecule has 0 saturated heterocycles. The Hall–Kier alpha value is 3.65. The molecular formula is C3H7N4Y4-3. The number of nitrogens with zero attached hydrogens (tertiary/aromatic N) is 3. The minimum Gasteiger partial charge on any atom is -0.844 e. The summed E-state index contributed by atoms with van der Waals surface area (Å²) in [5.41, 5.74) is 9.62. The van der Waals surface area contributed by atoms with E-state index >= 15 is 0 Å². The number of hydrogen-bond donors (Lipinski definition) is 0. The first-order valence-electron chi connectivity index (χ1n) is 1.79. The molecule has 0 fully saturated rings. The molecule has 0 aromatic heterocycles. The third kappa shape index (κ3) is 31.7. The SMILES string of the molecule is CN(C)[N-]C(=[N-])[NH-].[Y].[Y].[Y].[Y]. The van der Waals surface area contributed by atoms with Crippen LogP contribution in [-0.2, 0) is 131 Å². The molecule has 4 nitrogen and oxygen atoms in total. The molecule has 0 unspecified atom stereocenters. The largest absolute Gasteiger partial charge is 0.844 e. The number of guanidine groups is 1. The van der Waals surface area contributed by atoms with E-state index in [1.807, 2.05) is 0 Å². The maximum Gasteiger partial charge on any atom is 0 e. The summed E-state index contributed by atoms with van der Waals surface area (Å²) in [5.74, 6) is -0.662. The molecule has 0 aromatic rings. The van der Waals surface area contributed by atoms with Crippen molar-refractivity contribution in [3.05, 3.63) is 16.6 Å². The molecule has 0 heterocycles. The molecule has 0 spiro atoms. The molecule has 1 N–H and O–H groups in total. The summed E-state index contributed by atoms with van der Waals surface area (Å²) in [6.45, 7) is 0. The van der Waals surface area contributed by atoms with E-state index in [2.05, 4.69) is 5.43 Å². The van der Waals surface area contributed by atoms with Gasteiger partial charge in [0.1, 0.15) is 0 Å². The predicted molar refractivity (Wildman–Crippen MR) is 29.7 cm³/mol. The quantitative estimate of drug-likeness (QED) is 0.328. The summed E-state index contributed by atoms with van der Waals surface area (Å²) in [4.78, 5) is 0. The fourth-order valence-electron chi connectivity index (χ4n) is 0.189. The average molecular weight is 455 g/mol. The van der Waals surface area contributed by atoms with Crippen molar-refractivity contribution in [3.8, 4) is 0 Å². The molecule has 0 saturated carbocycles. The maximum absolute atomic E-state index is 8.10. The molecule has 0 bridgehead atoms. The van der Waals surface area contributed by atoms with Gasteiger partial charge in [0, 0.05) is 131 Å². The number of hydrogen-bond acceptors (Lipinski definition) is 1. The van der Waals surface area contributed by atoms with Gasteiger partial charge in [-0.1, -0.05) is 0 Å². The fourth-order valence-corrected chi connectivity index (χ4v) is 0.189. The molecule has 4 radical (unpaired) electrons. The Bertz CT molecular complexity index is 77.7. The maximum atomic E-state index is 8.10. The van der Waals surface area contributed by atoms with Gasteiger partial charge in [-0.3, -0.25) is 0 Å². The van der Waals surface area contributed by atoms with Crippen molar-refractivity contribution in [2.24, 2.45) is 0 Å². The van der Waals surface area contributed by atoms with Crippen LogP contribution in [0.5, 0.6) is 0 Å². The van der Waals surface area contributed by atoms with Gasteiger partial charge < -0.3 is 27.5 Å². The van der Waals surface area contributed by atoms with Gasteiger partial charge in [-0.05, 0) is 14.1 Å². The van der Waals surface area contributed by atoms with Crippen LogP contribution in [0.1, 0.15) is 0 Å². The Labute approximate surface area is 168 Å². The van der Waals surface area contributed by atoms with Gasteiger partial charge in [0.25, 0.3) is 0 Å². The molecule has 0 atom stereocenters. The van der Waals surface area contributed by atoms with Crippen molar-refractivity contribution >= 4 is 5.96 Å². The van der Waals surface area contributed by atoms with E-state index in [0.717, 1.165) is 0 Å². The van der Waals surface area contributed by atoms with Gasteiger partial charge in [0.15, 0.2) is 0 Å². The van der Waals surface area contributed by atoms with E-state index in [4.69, 9.17) is 11.1 Å². The van der Waals surface area contributed by atoms with Crippen LogP contribution in [0.3, 0.4) is 0 Å².